The van der Waals surface area contributed by atoms with E-state index in [1.54, 1.807) is 6.33 Å². The first-order valence-electron chi connectivity index (χ1n) is 10.5. The van der Waals surface area contributed by atoms with Crippen molar-refractivity contribution in [3.8, 4) is 0 Å². The number of hydrogen-bond donors (Lipinski definition) is 2. The van der Waals surface area contributed by atoms with Gasteiger partial charge in [-0.3, -0.25) is 4.79 Å². The molecule has 2 aliphatic heterocycles. The Bertz CT molecular complexity index is 837. The summed E-state index contributed by atoms with van der Waals surface area (Å²) >= 11 is 0. The van der Waals surface area contributed by atoms with E-state index in [-0.39, 0.29) is 12.0 Å². The van der Waals surface area contributed by atoms with Crippen molar-refractivity contribution in [1.82, 2.24) is 9.97 Å². The topological polar surface area (TPSA) is 79.4 Å². The Labute approximate surface area is 171 Å². The van der Waals surface area contributed by atoms with Gasteiger partial charge in [-0.05, 0) is 49.3 Å². The van der Waals surface area contributed by atoms with E-state index >= 15 is 0 Å². The molecule has 4 rings (SSSR count). The third kappa shape index (κ3) is 5.23. The van der Waals surface area contributed by atoms with Crippen molar-refractivity contribution < 1.29 is 9.53 Å². The lowest BCUT2D eigenvalue weighted by molar-refractivity contribution is -0.124. The van der Waals surface area contributed by atoms with Crippen LogP contribution in [-0.2, 0) is 16.1 Å². The molecule has 7 heteroatoms. The van der Waals surface area contributed by atoms with Gasteiger partial charge >= 0.3 is 0 Å². The maximum Gasteiger partial charge on any atom is 0.253 e. The SMILES string of the molecule is CC1CCCN(c2cc(NCc3cccc(NC(=O)C4CCCO4)c3)ncn2)C1. The number of rotatable bonds is 6. The second-order valence-corrected chi connectivity index (χ2v) is 8.00. The molecule has 0 spiro atoms. The Morgan fingerprint density at radius 1 is 1.24 bits per heavy atom. The molecule has 0 radical (unpaired) electrons. The van der Waals surface area contributed by atoms with Crippen LogP contribution in [0.4, 0.5) is 17.3 Å². The molecule has 2 unspecified atom stereocenters. The smallest absolute Gasteiger partial charge is 0.253 e. The number of hydrogen-bond acceptors (Lipinski definition) is 6. The van der Waals surface area contributed by atoms with Crippen molar-refractivity contribution >= 4 is 23.2 Å². The summed E-state index contributed by atoms with van der Waals surface area (Å²) in [5.74, 6) is 2.42. The average Bonchev–Trinajstić information content (AvgIpc) is 3.28. The number of benzene rings is 1. The first-order valence-corrected chi connectivity index (χ1v) is 10.5. The summed E-state index contributed by atoms with van der Waals surface area (Å²) in [6.45, 7) is 5.67. The van der Waals surface area contributed by atoms with E-state index in [1.165, 1.54) is 12.8 Å². The molecule has 7 nitrogen and oxygen atoms in total. The first kappa shape index (κ1) is 19.6. The van der Waals surface area contributed by atoms with Crippen molar-refractivity contribution in [3.63, 3.8) is 0 Å². The normalized spacial score (nSPS) is 21.8. The van der Waals surface area contributed by atoms with Gasteiger partial charge in [0.15, 0.2) is 0 Å². The van der Waals surface area contributed by atoms with Crippen LogP contribution < -0.4 is 15.5 Å². The number of nitrogens with zero attached hydrogens (tertiary/aromatic N) is 3. The molecule has 1 aromatic carbocycles. The molecule has 0 saturated carbocycles. The predicted molar refractivity (Wildman–Crippen MR) is 114 cm³/mol. The van der Waals surface area contributed by atoms with E-state index in [4.69, 9.17) is 4.74 Å². The number of carbonyl (C=O) groups excluding carboxylic acids is 1. The molecule has 1 aromatic heterocycles. The van der Waals surface area contributed by atoms with Crippen LogP contribution in [0.2, 0.25) is 0 Å². The molecule has 2 aromatic rings. The molecule has 0 bridgehead atoms. The number of amides is 1. The van der Waals surface area contributed by atoms with Crippen molar-refractivity contribution in [2.45, 2.75) is 45.3 Å². The molecule has 1 amide bonds. The second kappa shape index (κ2) is 9.22. The lowest BCUT2D eigenvalue weighted by Crippen LogP contribution is -2.34. The first-order chi connectivity index (χ1) is 14.2. The van der Waals surface area contributed by atoms with Crippen LogP contribution in [-0.4, -0.2) is 41.7 Å². The third-order valence-corrected chi connectivity index (χ3v) is 5.52. The van der Waals surface area contributed by atoms with Crippen molar-refractivity contribution in [2.24, 2.45) is 5.92 Å². The molecular formula is C22H29N5O2. The lowest BCUT2D eigenvalue weighted by Gasteiger charge is -2.31. The van der Waals surface area contributed by atoms with Crippen LogP contribution in [0.5, 0.6) is 0 Å². The fourth-order valence-corrected chi connectivity index (χ4v) is 3.97. The quantitative estimate of drug-likeness (QED) is 0.780. The largest absolute Gasteiger partial charge is 0.368 e. The Hall–Kier alpha value is -2.67. The van der Waals surface area contributed by atoms with E-state index in [2.05, 4.69) is 32.4 Å². The van der Waals surface area contributed by atoms with Gasteiger partial charge in [-0.1, -0.05) is 19.1 Å². The van der Waals surface area contributed by atoms with Gasteiger partial charge in [-0.25, -0.2) is 9.97 Å². The molecule has 2 N–H and O–H groups in total. The molecule has 2 aliphatic rings. The molecule has 2 saturated heterocycles. The van der Waals surface area contributed by atoms with Gasteiger partial charge in [0.05, 0.1) is 0 Å². The monoisotopic (exact) mass is 395 g/mol. The minimum absolute atomic E-state index is 0.0659. The van der Waals surface area contributed by atoms with Gasteiger partial charge in [-0.15, -0.1) is 0 Å². The summed E-state index contributed by atoms with van der Waals surface area (Å²) in [7, 11) is 0. The highest BCUT2D eigenvalue weighted by atomic mass is 16.5. The van der Waals surface area contributed by atoms with Crippen molar-refractivity contribution in [3.05, 3.63) is 42.2 Å². The van der Waals surface area contributed by atoms with Crippen molar-refractivity contribution in [2.75, 3.05) is 35.2 Å². The van der Waals surface area contributed by atoms with Crippen LogP contribution in [0.25, 0.3) is 0 Å². The zero-order valence-corrected chi connectivity index (χ0v) is 16.9. The Morgan fingerprint density at radius 3 is 3.00 bits per heavy atom. The molecule has 3 heterocycles. The third-order valence-electron chi connectivity index (χ3n) is 5.52. The number of piperidine rings is 1. The second-order valence-electron chi connectivity index (χ2n) is 8.00. The lowest BCUT2D eigenvalue weighted by atomic mass is 10.0. The van der Waals surface area contributed by atoms with Crippen LogP contribution in [0, 0.1) is 5.92 Å². The maximum absolute atomic E-state index is 12.2. The summed E-state index contributed by atoms with van der Waals surface area (Å²) in [4.78, 5) is 23.4. The molecule has 29 heavy (non-hydrogen) atoms. The van der Waals surface area contributed by atoms with Gasteiger partial charge in [0.2, 0.25) is 0 Å². The van der Waals surface area contributed by atoms with Gasteiger partial charge in [0, 0.05) is 38.0 Å². The average molecular weight is 396 g/mol. The van der Waals surface area contributed by atoms with Crippen LogP contribution in [0.3, 0.4) is 0 Å². The van der Waals surface area contributed by atoms with Crippen LogP contribution in [0.15, 0.2) is 36.7 Å². The number of nitrogens with one attached hydrogen (secondary N) is 2. The highest BCUT2D eigenvalue weighted by Gasteiger charge is 2.23. The Kier molecular flexibility index (Phi) is 6.24. The minimum atomic E-state index is -0.325. The zero-order valence-electron chi connectivity index (χ0n) is 16.9. The fraction of sp³-hybridized carbons (Fsp3) is 0.500. The van der Waals surface area contributed by atoms with E-state index < -0.39 is 0 Å². The summed E-state index contributed by atoms with van der Waals surface area (Å²) in [6.07, 6.45) is 5.52. The summed E-state index contributed by atoms with van der Waals surface area (Å²) in [5.41, 5.74) is 1.86. The number of carbonyl (C=O) groups is 1. The summed E-state index contributed by atoms with van der Waals surface area (Å²) in [6, 6.07) is 9.87. The summed E-state index contributed by atoms with van der Waals surface area (Å²) < 4.78 is 5.45. The van der Waals surface area contributed by atoms with E-state index in [9.17, 15) is 4.79 Å². The fourth-order valence-electron chi connectivity index (χ4n) is 3.97. The molecule has 0 aliphatic carbocycles. The predicted octanol–water partition coefficient (Wildman–Crippen LogP) is 3.44. The summed E-state index contributed by atoms with van der Waals surface area (Å²) in [5, 5.41) is 6.33. The highest BCUT2D eigenvalue weighted by Crippen LogP contribution is 2.23. The van der Waals surface area contributed by atoms with Crippen LogP contribution in [0.1, 0.15) is 38.2 Å². The van der Waals surface area contributed by atoms with E-state index in [0.717, 1.165) is 48.8 Å². The zero-order chi connectivity index (χ0) is 20.1. The molecular weight excluding hydrogens is 366 g/mol. The number of ether oxygens (including phenoxy) is 1. The number of anilines is 3. The van der Waals surface area contributed by atoms with Gasteiger partial charge in [0.25, 0.3) is 5.91 Å². The van der Waals surface area contributed by atoms with Gasteiger partial charge < -0.3 is 20.3 Å². The standard InChI is InChI=1S/C22H29N5O2/c1-16-5-3-9-27(14-16)21-12-20(24-15-25-21)23-13-17-6-2-7-18(11-17)26-22(28)19-8-4-10-29-19/h2,6-7,11-12,15-16,19H,3-5,8-10,13-14H2,1H3,(H,26,28)(H,23,24,25). The van der Waals surface area contributed by atoms with Gasteiger partial charge in [-0.2, -0.15) is 0 Å². The van der Waals surface area contributed by atoms with Crippen LogP contribution >= 0.6 is 0 Å². The van der Waals surface area contributed by atoms with E-state index in [0.29, 0.717) is 19.1 Å². The minimum Gasteiger partial charge on any atom is -0.368 e. The molecule has 2 atom stereocenters. The Balaban J connectivity index is 1.35. The van der Waals surface area contributed by atoms with E-state index in [1.807, 2.05) is 30.3 Å². The highest BCUT2D eigenvalue weighted by molar-refractivity contribution is 5.94. The Morgan fingerprint density at radius 2 is 2.17 bits per heavy atom. The molecule has 2 fully saturated rings. The maximum atomic E-state index is 12.2. The van der Waals surface area contributed by atoms with Gasteiger partial charge in [0.1, 0.15) is 24.1 Å². The van der Waals surface area contributed by atoms with Crippen molar-refractivity contribution in [1.29, 1.82) is 0 Å². The molecule has 154 valence electrons. The number of aromatic nitrogens is 2.